The summed E-state index contributed by atoms with van der Waals surface area (Å²) >= 11 is 0. The maximum absolute atomic E-state index is 12.3. The van der Waals surface area contributed by atoms with Crippen molar-refractivity contribution in [2.45, 2.75) is 39.7 Å². The molecule has 0 saturated carbocycles. The summed E-state index contributed by atoms with van der Waals surface area (Å²) in [4.78, 5) is 12.3. The summed E-state index contributed by atoms with van der Waals surface area (Å²) in [6, 6.07) is 15.7. The fraction of sp³-hybridized carbons (Fsp3) is 0.381. The predicted octanol–water partition coefficient (Wildman–Crippen LogP) is 3.91. The Bertz CT molecular complexity index is 667. The second-order valence-electron chi connectivity index (χ2n) is 5.92. The third-order valence-electron chi connectivity index (χ3n) is 4.03. The number of amides is 1. The van der Waals surface area contributed by atoms with E-state index < -0.39 is 6.10 Å². The number of benzene rings is 2. The van der Waals surface area contributed by atoms with Gasteiger partial charge in [-0.05, 0) is 49.1 Å². The second-order valence-corrected chi connectivity index (χ2v) is 5.92. The molecule has 0 heterocycles. The Morgan fingerprint density at radius 3 is 2.44 bits per heavy atom. The molecule has 1 atom stereocenters. The van der Waals surface area contributed by atoms with Crippen LogP contribution in [0.4, 0.5) is 0 Å². The summed E-state index contributed by atoms with van der Waals surface area (Å²) in [5.74, 6) is 1.45. The molecule has 0 aliphatic rings. The van der Waals surface area contributed by atoms with Crippen molar-refractivity contribution in [1.82, 2.24) is 5.32 Å². The predicted molar refractivity (Wildman–Crippen MR) is 100 cm³/mol. The zero-order valence-electron chi connectivity index (χ0n) is 15.2. The van der Waals surface area contributed by atoms with Gasteiger partial charge in [-0.1, -0.05) is 44.2 Å². The molecule has 0 fully saturated rings. The SMILES string of the molecule is CCc1ccc(OCCNC(=O)[C@H](CC)Oc2ccccc2C)cc1. The van der Waals surface area contributed by atoms with Crippen LogP contribution >= 0.6 is 0 Å². The van der Waals surface area contributed by atoms with Gasteiger partial charge >= 0.3 is 0 Å². The summed E-state index contributed by atoms with van der Waals surface area (Å²) in [5, 5.41) is 2.88. The molecule has 0 aromatic heterocycles. The second kappa shape index (κ2) is 9.72. The number of rotatable bonds is 9. The molecule has 0 aliphatic carbocycles. The number of ether oxygens (including phenoxy) is 2. The first-order valence-electron chi connectivity index (χ1n) is 8.85. The van der Waals surface area contributed by atoms with Crippen LogP contribution in [0.2, 0.25) is 0 Å². The Morgan fingerprint density at radius 2 is 1.80 bits per heavy atom. The Kier molecular flexibility index (Phi) is 7.33. The lowest BCUT2D eigenvalue weighted by Crippen LogP contribution is -2.39. The van der Waals surface area contributed by atoms with Crippen molar-refractivity contribution in [3.8, 4) is 11.5 Å². The lowest BCUT2D eigenvalue weighted by molar-refractivity contribution is -0.128. The Labute approximate surface area is 150 Å². The van der Waals surface area contributed by atoms with Crippen LogP contribution in [0.15, 0.2) is 48.5 Å². The van der Waals surface area contributed by atoms with E-state index in [0.29, 0.717) is 19.6 Å². The van der Waals surface area contributed by atoms with Crippen molar-refractivity contribution in [3.63, 3.8) is 0 Å². The van der Waals surface area contributed by atoms with Crippen LogP contribution in [0, 0.1) is 6.92 Å². The molecule has 1 N–H and O–H groups in total. The summed E-state index contributed by atoms with van der Waals surface area (Å²) in [7, 11) is 0. The van der Waals surface area contributed by atoms with Gasteiger partial charge in [0, 0.05) is 0 Å². The number of nitrogens with one attached hydrogen (secondary N) is 1. The van der Waals surface area contributed by atoms with E-state index in [2.05, 4.69) is 24.4 Å². The van der Waals surface area contributed by atoms with Gasteiger partial charge in [0.15, 0.2) is 6.10 Å². The zero-order valence-corrected chi connectivity index (χ0v) is 15.2. The van der Waals surface area contributed by atoms with Crippen molar-refractivity contribution >= 4 is 5.91 Å². The largest absolute Gasteiger partial charge is 0.492 e. The minimum Gasteiger partial charge on any atom is -0.492 e. The molecule has 0 saturated heterocycles. The molecule has 2 aromatic carbocycles. The van der Waals surface area contributed by atoms with Crippen molar-refractivity contribution < 1.29 is 14.3 Å². The van der Waals surface area contributed by atoms with Gasteiger partial charge in [-0.3, -0.25) is 4.79 Å². The molecule has 4 heteroatoms. The van der Waals surface area contributed by atoms with Gasteiger partial charge in [-0.2, -0.15) is 0 Å². The van der Waals surface area contributed by atoms with E-state index in [1.165, 1.54) is 5.56 Å². The minimum atomic E-state index is -0.495. The van der Waals surface area contributed by atoms with Gasteiger partial charge in [0.2, 0.25) is 0 Å². The molecular formula is C21H27NO3. The van der Waals surface area contributed by atoms with Crippen molar-refractivity contribution in [3.05, 3.63) is 59.7 Å². The van der Waals surface area contributed by atoms with E-state index in [1.54, 1.807) is 0 Å². The average Bonchev–Trinajstić information content (AvgIpc) is 2.65. The van der Waals surface area contributed by atoms with Crippen molar-refractivity contribution in [1.29, 1.82) is 0 Å². The molecular weight excluding hydrogens is 314 g/mol. The van der Waals surface area contributed by atoms with Crippen LogP contribution in [0.1, 0.15) is 31.4 Å². The van der Waals surface area contributed by atoms with Gasteiger partial charge < -0.3 is 14.8 Å². The highest BCUT2D eigenvalue weighted by Crippen LogP contribution is 2.18. The quantitative estimate of drug-likeness (QED) is 0.704. The molecule has 2 aromatic rings. The van der Waals surface area contributed by atoms with Gasteiger partial charge in [0.05, 0.1) is 6.54 Å². The lowest BCUT2D eigenvalue weighted by atomic mass is 10.2. The van der Waals surface area contributed by atoms with Crippen molar-refractivity contribution in [2.75, 3.05) is 13.2 Å². The first-order chi connectivity index (χ1) is 12.1. The Morgan fingerprint density at radius 1 is 1.08 bits per heavy atom. The van der Waals surface area contributed by atoms with E-state index in [-0.39, 0.29) is 5.91 Å². The van der Waals surface area contributed by atoms with Gasteiger partial charge in [-0.25, -0.2) is 0 Å². The number of carbonyl (C=O) groups excluding carboxylic acids is 1. The monoisotopic (exact) mass is 341 g/mol. The zero-order chi connectivity index (χ0) is 18.1. The highest BCUT2D eigenvalue weighted by molar-refractivity contribution is 5.81. The van der Waals surface area contributed by atoms with E-state index in [1.807, 2.05) is 50.2 Å². The molecule has 1 amide bonds. The molecule has 0 unspecified atom stereocenters. The molecule has 0 radical (unpaired) electrons. The van der Waals surface area contributed by atoms with Crippen LogP contribution in [0.5, 0.6) is 11.5 Å². The minimum absolute atomic E-state index is 0.115. The van der Waals surface area contributed by atoms with Gasteiger partial charge in [-0.15, -0.1) is 0 Å². The fourth-order valence-corrected chi connectivity index (χ4v) is 2.44. The molecule has 0 spiro atoms. The number of hydrogen-bond donors (Lipinski definition) is 1. The van der Waals surface area contributed by atoms with Crippen LogP contribution < -0.4 is 14.8 Å². The first kappa shape index (κ1) is 18.8. The lowest BCUT2D eigenvalue weighted by Gasteiger charge is -2.18. The molecule has 25 heavy (non-hydrogen) atoms. The maximum atomic E-state index is 12.3. The normalized spacial score (nSPS) is 11.6. The smallest absolute Gasteiger partial charge is 0.261 e. The molecule has 134 valence electrons. The van der Waals surface area contributed by atoms with Crippen LogP contribution in [-0.4, -0.2) is 25.2 Å². The molecule has 4 nitrogen and oxygen atoms in total. The highest BCUT2D eigenvalue weighted by Gasteiger charge is 2.18. The van der Waals surface area contributed by atoms with Crippen LogP contribution in [0.3, 0.4) is 0 Å². The standard InChI is InChI=1S/C21H27NO3/c1-4-17-10-12-18(13-11-17)24-15-14-22-21(23)19(5-2)25-20-9-7-6-8-16(20)3/h6-13,19H,4-5,14-15H2,1-3H3,(H,22,23)/t19-/m0/s1. The number of hydrogen-bond acceptors (Lipinski definition) is 3. The highest BCUT2D eigenvalue weighted by atomic mass is 16.5. The topological polar surface area (TPSA) is 47.6 Å². The summed E-state index contributed by atoms with van der Waals surface area (Å²) in [5.41, 5.74) is 2.30. The average molecular weight is 341 g/mol. The summed E-state index contributed by atoms with van der Waals surface area (Å²) < 4.78 is 11.5. The van der Waals surface area contributed by atoms with Gasteiger partial charge in [0.25, 0.3) is 5.91 Å². The number of para-hydroxylation sites is 1. The first-order valence-corrected chi connectivity index (χ1v) is 8.85. The van der Waals surface area contributed by atoms with Gasteiger partial charge in [0.1, 0.15) is 18.1 Å². The fourth-order valence-electron chi connectivity index (χ4n) is 2.44. The van der Waals surface area contributed by atoms with E-state index >= 15 is 0 Å². The van der Waals surface area contributed by atoms with Crippen molar-refractivity contribution in [2.24, 2.45) is 0 Å². The Hall–Kier alpha value is -2.49. The molecule has 2 rings (SSSR count). The van der Waals surface area contributed by atoms with E-state index in [4.69, 9.17) is 9.47 Å². The summed E-state index contributed by atoms with van der Waals surface area (Å²) in [6.07, 6.45) is 1.12. The Balaban J connectivity index is 1.76. The van der Waals surface area contributed by atoms with Crippen LogP contribution in [0.25, 0.3) is 0 Å². The molecule has 0 bridgehead atoms. The maximum Gasteiger partial charge on any atom is 0.261 e. The molecule has 0 aliphatic heterocycles. The third-order valence-corrected chi connectivity index (χ3v) is 4.03. The third kappa shape index (κ3) is 5.82. The summed E-state index contributed by atoms with van der Waals surface area (Å²) in [6.45, 7) is 6.90. The number of carbonyl (C=O) groups is 1. The number of aryl methyl sites for hydroxylation is 2. The van der Waals surface area contributed by atoms with Crippen LogP contribution in [-0.2, 0) is 11.2 Å². The van der Waals surface area contributed by atoms with E-state index in [9.17, 15) is 4.79 Å². The van der Waals surface area contributed by atoms with E-state index in [0.717, 1.165) is 23.5 Å².